The van der Waals surface area contributed by atoms with E-state index in [9.17, 15) is 4.39 Å². The lowest BCUT2D eigenvalue weighted by molar-refractivity contribution is 0.314. The summed E-state index contributed by atoms with van der Waals surface area (Å²) in [4.78, 5) is 0. The van der Waals surface area contributed by atoms with E-state index in [4.69, 9.17) is 16.3 Å². The molecule has 0 radical (unpaired) electrons. The smallest absolute Gasteiger partial charge is 0.141 e. The molecule has 20 heavy (non-hydrogen) atoms. The van der Waals surface area contributed by atoms with Crippen LogP contribution in [-0.2, 0) is 6.54 Å². The first kappa shape index (κ1) is 14.7. The lowest BCUT2D eigenvalue weighted by Crippen LogP contribution is -2.04. The summed E-state index contributed by atoms with van der Waals surface area (Å²) < 4.78 is 18.8. The van der Waals surface area contributed by atoms with Gasteiger partial charge in [-0.3, -0.25) is 0 Å². The maximum atomic E-state index is 13.1. The maximum Gasteiger partial charge on any atom is 0.141 e. The Bertz CT molecular complexity index is 574. The molecule has 0 amide bonds. The van der Waals surface area contributed by atoms with E-state index < -0.39 is 5.82 Å². The molecular weight excluding hydrogens is 277 g/mol. The van der Waals surface area contributed by atoms with E-state index in [0.717, 1.165) is 23.4 Å². The summed E-state index contributed by atoms with van der Waals surface area (Å²) in [5.74, 6) is 0.457. The van der Waals surface area contributed by atoms with Gasteiger partial charge in [0.15, 0.2) is 0 Å². The lowest BCUT2D eigenvalue weighted by Gasteiger charge is -2.12. The van der Waals surface area contributed by atoms with E-state index in [1.165, 1.54) is 6.07 Å². The third-order valence-corrected chi connectivity index (χ3v) is 3.13. The summed E-state index contributed by atoms with van der Waals surface area (Å²) in [7, 11) is 0. The monoisotopic (exact) mass is 293 g/mol. The Morgan fingerprint density at radius 2 is 2.00 bits per heavy atom. The second-order valence-electron chi connectivity index (χ2n) is 4.44. The first-order valence-corrected chi connectivity index (χ1v) is 6.98. The van der Waals surface area contributed by atoms with Crippen molar-refractivity contribution in [1.29, 1.82) is 0 Å². The molecule has 0 saturated heterocycles. The van der Waals surface area contributed by atoms with Crippen LogP contribution in [0.2, 0.25) is 5.02 Å². The number of benzene rings is 2. The van der Waals surface area contributed by atoms with Gasteiger partial charge in [-0.1, -0.05) is 36.7 Å². The topological polar surface area (TPSA) is 21.3 Å². The highest BCUT2D eigenvalue weighted by Crippen LogP contribution is 2.22. The van der Waals surface area contributed by atoms with Gasteiger partial charge in [-0.15, -0.1) is 0 Å². The molecule has 0 saturated carbocycles. The second-order valence-corrected chi connectivity index (χ2v) is 4.85. The summed E-state index contributed by atoms with van der Waals surface area (Å²) in [6.07, 6.45) is 0.968. The zero-order valence-corrected chi connectivity index (χ0v) is 12.1. The Labute approximate surface area is 123 Å². The zero-order chi connectivity index (χ0) is 14.4. The third-order valence-electron chi connectivity index (χ3n) is 2.84. The van der Waals surface area contributed by atoms with Gasteiger partial charge < -0.3 is 10.1 Å². The number of nitrogens with one attached hydrogen (secondary N) is 1. The van der Waals surface area contributed by atoms with E-state index in [1.54, 1.807) is 12.1 Å². The highest BCUT2D eigenvalue weighted by Gasteiger charge is 2.04. The van der Waals surface area contributed by atoms with Gasteiger partial charge in [0.05, 0.1) is 11.6 Å². The zero-order valence-electron chi connectivity index (χ0n) is 11.3. The summed E-state index contributed by atoms with van der Waals surface area (Å²) in [5, 5.41) is 3.33. The van der Waals surface area contributed by atoms with Crippen molar-refractivity contribution in [3.05, 3.63) is 58.9 Å². The van der Waals surface area contributed by atoms with E-state index in [2.05, 4.69) is 12.2 Å². The third kappa shape index (κ3) is 3.87. The first-order valence-electron chi connectivity index (χ1n) is 6.60. The maximum absolute atomic E-state index is 13.1. The molecule has 1 N–H and O–H groups in total. The average molecular weight is 294 g/mol. The number of rotatable bonds is 6. The Morgan fingerprint density at radius 3 is 2.75 bits per heavy atom. The Hall–Kier alpha value is -1.74. The molecule has 0 aliphatic carbocycles. The number of ether oxygens (including phenoxy) is 1. The second kappa shape index (κ2) is 7.15. The van der Waals surface area contributed by atoms with Gasteiger partial charge in [-0.25, -0.2) is 4.39 Å². The van der Waals surface area contributed by atoms with Crippen LogP contribution in [0.3, 0.4) is 0 Å². The minimum Gasteiger partial charge on any atom is -0.493 e. The van der Waals surface area contributed by atoms with Crippen LogP contribution < -0.4 is 10.1 Å². The summed E-state index contributed by atoms with van der Waals surface area (Å²) in [5.41, 5.74) is 1.84. The van der Waals surface area contributed by atoms with Crippen LogP contribution in [0.1, 0.15) is 18.9 Å². The molecule has 2 aromatic rings. The van der Waals surface area contributed by atoms with Gasteiger partial charge in [-0.05, 0) is 30.7 Å². The minimum absolute atomic E-state index is 0.116. The average Bonchev–Trinajstić information content (AvgIpc) is 2.47. The van der Waals surface area contributed by atoms with Crippen molar-refractivity contribution in [2.75, 3.05) is 11.9 Å². The number of hydrogen-bond donors (Lipinski definition) is 1. The molecule has 2 aromatic carbocycles. The number of hydrogen-bond acceptors (Lipinski definition) is 2. The highest BCUT2D eigenvalue weighted by atomic mass is 35.5. The molecule has 2 nitrogen and oxygen atoms in total. The molecule has 0 aliphatic rings. The number of anilines is 1. The van der Waals surface area contributed by atoms with E-state index in [0.29, 0.717) is 13.2 Å². The van der Waals surface area contributed by atoms with Crippen LogP contribution in [0, 0.1) is 5.82 Å². The molecule has 4 heteroatoms. The van der Waals surface area contributed by atoms with Crippen LogP contribution in [0.15, 0.2) is 42.5 Å². The molecular formula is C16H17ClFNO. The molecule has 0 spiro atoms. The molecule has 0 aliphatic heterocycles. The molecule has 0 atom stereocenters. The largest absolute Gasteiger partial charge is 0.493 e. The summed E-state index contributed by atoms with van der Waals surface area (Å²) >= 11 is 5.76. The summed E-state index contributed by atoms with van der Waals surface area (Å²) in [6, 6.07) is 12.5. The van der Waals surface area contributed by atoms with Crippen LogP contribution in [0.4, 0.5) is 10.1 Å². The molecule has 0 heterocycles. The normalized spacial score (nSPS) is 10.3. The lowest BCUT2D eigenvalue weighted by atomic mass is 10.2. The van der Waals surface area contributed by atoms with Crippen molar-refractivity contribution in [1.82, 2.24) is 0 Å². The van der Waals surface area contributed by atoms with Crippen LogP contribution >= 0.6 is 11.6 Å². The van der Waals surface area contributed by atoms with Crippen LogP contribution in [0.5, 0.6) is 5.75 Å². The Kier molecular flexibility index (Phi) is 5.24. The van der Waals surface area contributed by atoms with Crippen molar-refractivity contribution in [2.45, 2.75) is 19.9 Å². The quantitative estimate of drug-likeness (QED) is 0.819. The van der Waals surface area contributed by atoms with Gasteiger partial charge in [0.1, 0.15) is 11.6 Å². The molecule has 0 bridgehead atoms. The van der Waals surface area contributed by atoms with Crippen LogP contribution in [-0.4, -0.2) is 6.61 Å². The number of halogens is 2. The van der Waals surface area contributed by atoms with Gasteiger partial charge >= 0.3 is 0 Å². The first-order chi connectivity index (χ1) is 9.70. The predicted molar refractivity (Wildman–Crippen MR) is 81.0 cm³/mol. The van der Waals surface area contributed by atoms with Gasteiger partial charge in [0, 0.05) is 17.8 Å². The molecule has 0 aromatic heterocycles. The Balaban J connectivity index is 2.04. The van der Waals surface area contributed by atoms with E-state index in [-0.39, 0.29) is 5.02 Å². The molecule has 106 valence electrons. The van der Waals surface area contributed by atoms with Gasteiger partial charge in [0.25, 0.3) is 0 Å². The standard InChI is InChI=1S/C16H17ClFNO/c1-2-9-20-16-6-4-3-5-12(16)11-19-13-7-8-15(18)14(17)10-13/h3-8,10,19H,2,9,11H2,1H3. The van der Waals surface area contributed by atoms with Crippen molar-refractivity contribution >= 4 is 17.3 Å². The van der Waals surface area contributed by atoms with Gasteiger partial charge in [-0.2, -0.15) is 0 Å². The van der Waals surface area contributed by atoms with Gasteiger partial charge in [0.2, 0.25) is 0 Å². The molecule has 0 fully saturated rings. The molecule has 2 rings (SSSR count). The predicted octanol–water partition coefficient (Wildman–Crippen LogP) is 4.88. The minimum atomic E-state index is -0.413. The van der Waals surface area contributed by atoms with Crippen molar-refractivity contribution in [3.8, 4) is 5.75 Å². The van der Waals surface area contributed by atoms with E-state index in [1.807, 2.05) is 24.3 Å². The van der Waals surface area contributed by atoms with Crippen LogP contribution in [0.25, 0.3) is 0 Å². The fourth-order valence-corrected chi connectivity index (χ4v) is 1.99. The fraction of sp³-hybridized carbons (Fsp3) is 0.250. The number of para-hydroxylation sites is 1. The SMILES string of the molecule is CCCOc1ccccc1CNc1ccc(F)c(Cl)c1. The van der Waals surface area contributed by atoms with Crippen molar-refractivity contribution < 1.29 is 9.13 Å². The highest BCUT2D eigenvalue weighted by molar-refractivity contribution is 6.31. The summed E-state index contributed by atoms with van der Waals surface area (Å²) in [6.45, 7) is 3.36. The van der Waals surface area contributed by atoms with E-state index >= 15 is 0 Å². The fourth-order valence-electron chi connectivity index (χ4n) is 1.81. The van der Waals surface area contributed by atoms with Crippen molar-refractivity contribution in [3.63, 3.8) is 0 Å². The van der Waals surface area contributed by atoms with Crippen molar-refractivity contribution in [2.24, 2.45) is 0 Å². The Morgan fingerprint density at radius 1 is 1.20 bits per heavy atom. The molecule has 0 unspecified atom stereocenters.